The van der Waals surface area contributed by atoms with Gasteiger partial charge < -0.3 is 23.7 Å². The number of hydrogen-bond acceptors (Lipinski definition) is 18. The standard InChI is InChI=1S/C35H34N8O10S/c1-17(44)49-14-26(51-19(3)46)31(53-21(5)48)30(52-20(4)47)25(50-18(2)45)13-40-42-32-24-12-41-43(33(24)37-15-36-32)34-29-28-23-9-7-6-8-22(23)10-11-27(28)54-35(29)39-16-38-34/h6-9,12-13,15-16,25-26,30-31H,10-11,14H2,1-5H3,(H,36,37,42)/b40-13+/t25-,26+,30+,31+/m0/s1. The summed E-state index contributed by atoms with van der Waals surface area (Å²) in [6.07, 6.45) is 0.907. The highest BCUT2D eigenvalue weighted by molar-refractivity contribution is 7.19. The molecule has 0 saturated heterocycles. The largest absolute Gasteiger partial charge is 0.462 e. The molecule has 19 heteroatoms. The number of nitrogens with one attached hydrogen (secondary N) is 1. The second-order valence-electron chi connectivity index (χ2n) is 12.0. The highest BCUT2D eigenvalue weighted by Gasteiger charge is 2.43. The Hall–Kier alpha value is -6.37. The van der Waals surface area contributed by atoms with Gasteiger partial charge in [-0.15, -0.1) is 11.3 Å². The van der Waals surface area contributed by atoms with Gasteiger partial charge in [0.05, 0.1) is 23.2 Å². The van der Waals surface area contributed by atoms with Crippen molar-refractivity contribution >= 4 is 74.5 Å². The zero-order chi connectivity index (χ0) is 38.5. The maximum absolute atomic E-state index is 12.3. The van der Waals surface area contributed by atoms with Crippen molar-refractivity contribution in [3.63, 3.8) is 0 Å². The number of nitrogens with zero attached hydrogens (tertiary/aromatic N) is 7. The van der Waals surface area contributed by atoms with Gasteiger partial charge in [-0.3, -0.25) is 29.4 Å². The first kappa shape index (κ1) is 37.4. The van der Waals surface area contributed by atoms with E-state index in [9.17, 15) is 24.0 Å². The van der Waals surface area contributed by atoms with Gasteiger partial charge in [0, 0.05) is 45.1 Å². The molecule has 54 heavy (non-hydrogen) atoms. The number of anilines is 1. The first-order valence-corrected chi connectivity index (χ1v) is 17.4. The summed E-state index contributed by atoms with van der Waals surface area (Å²) in [6, 6.07) is 8.26. The van der Waals surface area contributed by atoms with Crippen LogP contribution in [0.1, 0.15) is 45.1 Å². The Labute approximate surface area is 310 Å². The van der Waals surface area contributed by atoms with E-state index in [0.717, 1.165) is 75.0 Å². The molecule has 280 valence electrons. The van der Waals surface area contributed by atoms with Crippen LogP contribution in [-0.4, -0.2) is 96.8 Å². The number of aryl methyl sites for hydroxylation is 2. The smallest absolute Gasteiger partial charge is 0.303 e. The number of fused-ring (bicyclic) bond motifs is 6. The molecule has 1 aromatic carbocycles. The Morgan fingerprint density at radius 2 is 1.56 bits per heavy atom. The molecule has 0 radical (unpaired) electrons. The molecule has 0 saturated carbocycles. The van der Waals surface area contributed by atoms with E-state index in [1.807, 2.05) is 12.1 Å². The highest BCUT2D eigenvalue weighted by atomic mass is 32.1. The maximum atomic E-state index is 12.3. The van der Waals surface area contributed by atoms with Gasteiger partial charge in [0.2, 0.25) is 0 Å². The van der Waals surface area contributed by atoms with Crippen molar-refractivity contribution < 1.29 is 47.7 Å². The highest BCUT2D eigenvalue weighted by Crippen LogP contribution is 2.45. The molecule has 1 N–H and O–H groups in total. The van der Waals surface area contributed by atoms with E-state index in [0.29, 0.717) is 16.9 Å². The van der Waals surface area contributed by atoms with Crippen LogP contribution in [0.3, 0.4) is 0 Å². The van der Waals surface area contributed by atoms with Crippen LogP contribution in [0.15, 0.2) is 48.2 Å². The quantitative estimate of drug-likeness (QED) is 0.0787. The van der Waals surface area contributed by atoms with Gasteiger partial charge in [0.25, 0.3) is 0 Å². The average molecular weight is 759 g/mol. The SMILES string of the molecule is CC(=O)OC[C@@H](OC(C)=O)[C@@H](OC(C)=O)[C@H](OC(C)=O)[C@H](/C=N/Nc1ncnc2c1cnn2-c1ncnc2sc3c(c12)-c1ccccc1CC3)OC(C)=O. The lowest BCUT2D eigenvalue weighted by molar-refractivity contribution is -0.197. The van der Waals surface area contributed by atoms with E-state index >= 15 is 0 Å². The third-order valence-corrected chi connectivity index (χ3v) is 9.25. The number of rotatable bonds is 13. The lowest BCUT2D eigenvalue weighted by Gasteiger charge is -2.34. The van der Waals surface area contributed by atoms with Crippen molar-refractivity contribution in [3.05, 3.63) is 53.6 Å². The topological polar surface area (TPSA) is 225 Å². The lowest BCUT2D eigenvalue weighted by atomic mass is 9.89. The predicted molar refractivity (Wildman–Crippen MR) is 191 cm³/mol. The first-order chi connectivity index (χ1) is 25.9. The average Bonchev–Trinajstić information content (AvgIpc) is 3.73. The zero-order valence-electron chi connectivity index (χ0n) is 29.7. The Morgan fingerprint density at radius 1 is 0.852 bits per heavy atom. The van der Waals surface area contributed by atoms with Crippen LogP contribution < -0.4 is 5.43 Å². The summed E-state index contributed by atoms with van der Waals surface area (Å²) < 4.78 is 28.2. The number of carbonyl (C=O) groups excluding carboxylic acids is 5. The number of thiophene rings is 1. The van der Waals surface area contributed by atoms with Crippen LogP contribution in [0.5, 0.6) is 0 Å². The van der Waals surface area contributed by atoms with E-state index in [1.54, 1.807) is 16.0 Å². The van der Waals surface area contributed by atoms with E-state index in [4.69, 9.17) is 23.7 Å². The van der Waals surface area contributed by atoms with Gasteiger partial charge in [0.15, 0.2) is 41.7 Å². The number of aromatic nitrogens is 6. The van der Waals surface area contributed by atoms with Crippen LogP contribution in [0, 0.1) is 0 Å². The predicted octanol–water partition coefficient (Wildman–Crippen LogP) is 3.27. The van der Waals surface area contributed by atoms with Crippen LogP contribution in [0.25, 0.3) is 38.2 Å². The van der Waals surface area contributed by atoms with Crippen LogP contribution >= 0.6 is 11.3 Å². The number of ether oxygens (including phenoxy) is 5. The summed E-state index contributed by atoms with van der Waals surface area (Å²) in [7, 11) is 0. The number of esters is 5. The minimum absolute atomic E-state index is 0.195. The van der Waals surface area contributed by atoms with Crippen molar-refractivity contribution in [3.8, 4) is 16.9 Å². The molecular weight excluding hydrogens is 724 g/mol. The zero-order valence-corrected chi connectivity index (χ0v) is 30.5. The number of hydrogen-bond donors (Lipinski definition) is 1. The fourth-order valence-electron chi connectivity index (χ4n) is 6.12. The summed E-state index contributed by atoms with van der Waals surface area (Å²) in [5.74, 6) is -3.40. The Kier molecular flexibility index (Phi) is 11.2. The molecule has 6 rings (SSSR count). The lowest BCUT2D eigenvalue weighted by Crippen LogP contribution is -2.53. The molecule has 1 aliphatic carbocycles. The molecule has 0 aliphatic heterocycles. The maximum Gasteiger partial charge on any atom is 0.303 e. The molecular formula is C35H34N8O10S. The second-order valence-corrected chi connectivity index (χ2v) is 13.1. The van der Waals surface area contributed by atoms with Crippen molar-refractivity contribution in [2.24, 2.45) is 5.10 Å². The molecule has 4 aromatic heterocycles. The fourth-order valence-corrected chi connectivity index (χ4v) is 7.26. The molecule has 5 aromatic rings. The Bertz CT molecular complexity index is 2290. The summed E-state index contributed by atoms with van der Waals surface area (Å²) in [5.41, 5.74) is 6.61. The molecule has 0 fully saturated rings. The van der Waals surface area contributed by atoms with Gasteiger partial charge >= 0.3 is 29.8 Å². The molecule has 0 amide bonds. The van der Waals surface area contributed by atoms with E-state index < -0.39 is 60.9 Å². The Balaban J connectivity index is 1.35. The van der Waals surface area contributed by atoms with Crippen molar-refractivity contribution in [2.75, 3.05) is 12.0 Å². The van der Waals surface area contributed by atoms with Crippen LogP contribution in [0.2, 0.25) is 0 Å². The van der Waals surface area contributed by atoms with Gasteiger partial charge in [-0.25, -0.2) is 19.9 Å². The molecule has 0 spiro atoms. The number of hydrazone groups is 1. The molecule has 4 heterocycles. The van der Waals surface area contributed by atoms with Crippen LogP contribution in [0.4, 0.5) is 5.82 Å². The molecule has 0 unspecified atom stereocenters. The van der Waals surface area contributed by atoms with Crippen molar-refractivity contribution in [1.82, 2.24) is 29.7 Å². The number of benzene rings is 1. The summed E-state index contributed by atoms with van der Waals surface area (Å²) in [6.45, 7) is 4.82. The van der Waals surface area contributed by atoms with Gasteiger partial charge in [0.1, 0.15) is 24.1 Å². The van der Waals surface area contributed by atoms with E-state index in [2.05, 4.69) is 47.7 Å². The minimum Gasteiger partial charge on any atom is -0.462 e. The van der Waals surface area contributed by atoms with Gasteiger partial charge in [-0.1, -0.05) is 24.3 Å². The van der Waals surface area contributed by atoms with Crippen LogP contribution in [-0.2, 0) is 60.5 Å². The third kappa shape index (κ3) is 8.15. The van der Waals surface area contributed by atoms with E-state index in [-0.39, 0.29) is 5.82 Å². The van der Waals surface area contributed by atoms with E-state index in [1.165, 1.54) is 29.3 Å². The monoisotopic (exact) mass is 758 g/mol. The summed E-state index contributed by atoms with van der Waals surface area (Å²) in [4.78, 5) is 80.5. The molecule has 18 nitrogen and oxygen atoms in total. The minimum atomic E-state index is -1.64. The molecule has 1 aliphatic rings. The third-order valence-electron chi connectivity index (χ3n) is 8.10. The molecule has 4 atom stereocenters. The van der Waals surface area contributed by atoms with Gasteiger partial charge in [-0.2, -0.15) is 14.9 Å². The number of carbonyl (C=O) groups is 5. The summed E-state index contributed by atoms with van der Waals surface area (Å²) >= 11 is 1.62. The Morgan fingerprint density at radius 3 is 2.28 bits per heavy atom. The van der Waals surface area contributed by atoms with Gasteiger partial charge in [-0.05, 0) is 24.0 Å². The second kappa shape index (κ2) is 16.1. The summed E-state index contributed by atoms with van der Waals surface area (Å²) in [5, 5.41) is 10.1. The first-order valence-electron chi connectivity index (χ1n) is 16.6. The van der Waals surface area contributed by atoms with Crippen molar-refractivity contribution in [2.45, 2.75) is 71.9 Å². The fraction of sp³-hybridized carbons (Fsp3) is 0.343. The normalized spacial score (nSPS) is 14.3. The molecule has 0 bridgehead atoms. The van der Waals surface area contributed by atoms with Crippen molar-refractivity contribution in [1.29, 1.82) is 0 Å².